The Morgan fingerprint density at radius 3 is 2.39 bits per heavy atom. The van der Waals surface area contributed by atoms with Crippen LogP contribution >= 0.6 is 0 Å². The van der Waals surface area contributed by atoms with Gasteiger partial charge in [0, 0.05) is 28.4 Å². The predicted molar refractivity (Wildman–Crippen MR) is 122 cm³/mol. The molecule has 1 atom stereocenters. The number of ketones is 1. The van der Waals surface area contributed by atoms with Gasteiger partial charge in [-0.05, 0) is 48.0 Å². The van der Waals surface area contributed by atoms with Crippen LogP contribution in [0.15, 0.2) is 84.6 Å². The average molecular weight is 442 g/mol. The number of aliphatic hydroxyl groups is 1. The molecule has 3 aromatic carbocycles. The van der Waals surface area contributed by atoms with E-state index in [4.69, 9.17) is 4.74 Å². The highest BCUT2D eigenvalue weighted by Gasteiger charge is 2.47. The van der Waals surface area contributed by atoms with Gasteiger partial charge in [0.25, 0.3) is 11.7 Å². The second-order valence-corrected chi connectivity index (χ2v) is 7.67. The molecule has 2 heterocycles. The fourth-order valence-electron chi connectivity index (χ4n) is 4.21. The molecule has 5 rings (SSSR count). The number of aliphatic hydroxyl groups excluding tert-OH is 1. The number of hydrogen-bond donors (Lipinski definition) is 2. The standard InChI is InChI=1S/C26H19FN2O4/c1-33-18-12-6-15(7-13-18)23-22(24(30)20-14-28-21-5-3-2-4-19(20)21)25(31)26(32)29(23)17-10-8-16(27)9-11-17/h2-14,23,28,30H,1H3/b24-22-. The molecule has 1 unspecified atom stereocenters. The molecular formula is C26H19FN2O4. The van der Waals surface area contributed by atoms with Gasteiger partial charge < -0.3 is 14.8 Å². The Labute approximate surface area is 188 Å². The third kappa shape index (κ3) is 3.34. The summed E-state index contributed by atoms with van der Waals surface area (Å²) in [6.07, 6.45) is 1.61. The van der Waals surface area contributed by atoms with E-state index < -0.39 is 23.5 Å². The summed E-state index contributed by atoms with van der Waals surface area (Å²) in [6.45, 7) is 0. The Balaban J connectivity index is 1.74. The molecule has 0 spiro atoms. The summed E-state index contributed by atoms with van der Waals surface area (Å²) in [5.74, 6) is -1.76. The largest absolute Gasteiger partial charge is 0.507 e. The topological polar surface area (TPSA) is 82.6 Å². The molecule has 0 saturated carbocycles. The van der Waals surface area contributed by atoms with Gasteiger partial charge in [-0.3, -0.25) is 14.5 Å². The van der Waals surface area contributed by atoms with E-state index in [1.807, 2.05) is 24.3 Å². The van der Waals surface area contributed by atoms with Crippen molar-refractivity contribution in [2.24, 2.45) is 0 Å². The average Bonchev–Trinajstić information content (AvgIpc) is 3.39. The second kappa shape index (κ2) is 7.94. The van der Waals surface area contributed by atoms with Crippen LogP contribution in [-0.4, -0.2) is 28.9 Å². The highest BCUT2D eigenvalue weighted by Crippen LogP contribution is 2.43. The number of Topliss-reactive ketones (excluding diaryl/α,β-unsaturated/α-hetero) is 1. The summed E-state index contributed by atoms with van der Waals surface area (Å²) >= 11 is 0. The van der Waals surface area contributed by atoms with Crippen LogP contribution in [0, 0.1) is 5.82 Å². The molecule has 1 aliphatic heterocycles. The minimum Gasteiger partial charge on any atom is -0.507 e. The number of carbonyl (C=O) groups excluding carboxylic acids is 2. The van der Waals surface area contributed by atoms with Crippen LogP contribution in [0.5, 0.6) is 5.75 Å². The molecule has 1 fully saturated rings. The zero-order valence-corrected chi connectivity index (χ0v) is 17.6. The number of carbonyl (C=O) groups is 2. The molecule has 164 valence electrons. The van der Waals surface area contributed by atoms with Crippen molar-refractivity contribution >= 4 is 34.0 Å². The van der Waals surface area contributed by atoms with Crippen molar-refractivity contribution in [3.63, 3.8) is 0 Å². The van der Waals surface area contributed by atoms with E-state index in [-0.39, 0.29) is 11.3 Å². The number of fused-ring (bicyclic) bond motifs is 1. The maximum absolute atomic E-state index is 13.6. The minimum atomic E-state index is -0.907. The number of H-pyrrole nitrogens is 1. The van der Waals surface area contributed by atoms with Crippen LogP contribution in [0.4, 0.5) is 10.1 Å². The van der Waals surface area contributed by atoms with E-state index in [9.17, 15) is 19.1 Å². The lowest BCUT2D eigenvalue weighted by atomic mass is 9.95. The summed E-state index contributed by atoms with van der Waals surface area (Å²) in [5, 5.41) is 12.0. The van der Waals surface area contributed by atoms with Gasteiger partial charge in [-0.2, -0.15) is 0 Å². The van der Waals surface area contributed by atoms with Gasteiger partial charge in [0.1, 0.15) is 17.3 Å². The van der Waals surface area contributed by atoms with Crippen LogP contribution in [0.25, 0.3) is 16.7 Å². The van der Waals surface area contributed by atoms with E-state index in [0.29, 0.717) is 22.6 Å². The van der Waals surface area contributed by atoms with Crippen LogP contribution < -0.4 is 9.64 Å². The summed E-state index contributed by atoms with van der Waals surface area (Å²) < 4.78 is 18.8. The summed E-state index contributed by atoms with van der Waals surface area (Å²) in [4.78, 5) is 30.7. The van der Waals surface area contributed by atoms with Gasteiger partial charge in [0.05, 0.1) is 18.7 Å². The van der Waals surface area contributed by atoms with Crippen LogP contribution in [-0.2, 0) is 9.59 Å². The molecule has 4 aromatic rings. The highest BCUT2D eigenvalue weighted by molar-refractivity contribution is 6.51. The Morgan fingerprint density at radius 2 is 1.70 bits per heavy atom. The Hall–Kier alpha value is -4.39. The first kappa shape index (κ1) is 20.5. The molecule has 7 heteroatoms. The number of amides is 1. The fourth-order valence-corrected chi connectivity index (χ4v) is 4.21. The number of rotatable bonds is 4. The number of nitrogens with zero attached hydrogens (tertiary/aromatic N) is 1. The molecule has 6 nitrogen and oxygen atoms in total. The summed E-state index contributed by atoms with van der Waals surface area (Å²) in [7, 11) is 1.54. The Bertz CT molecular complexity index is 1400. The molecule has 0 bridgehead atoms. The molecule has 0 radical (unpaired) electrons. The lowest BCUT2D eigenvalue weighted by Gasteiger charge is -2.25. The van der Waals surface area contributed by atoms with Crippen LogP contribution in [0.3, 0.4) is 0 Å². The normalized spacial score (nSPS) is 17.6. The van der Waals surface area contributed by atoms with Crippen molar-refractivity contribution in [1.82, 2.24) is 4.98 Å². The zero-order valence-electron chi connectivity index (χ0n) is 17.6. The second-order valence-electron chi connectivity index (χ2n) is 7.67. The lowest BCUT2D eigenvalue weighted by Crippen LogP contribution is -2.29. The molecule has 0 aliphatic carbocycles. The van der Waals surface area contributed by atoms with Crippen molar-refractivity contribution in [2.75, 3.05) is 12.0 Å². The zero-order chi connectivity index (χ0) is 23.1. The van der Waals surface area contributed by atoms with E-state index in [2.05, 4.69) is 4.98 Å². The third-order valence-corrected chi connectivity index (χ3v) is 5.83. The third-order valence-electron chi connectivity index (χ3n) is 5.83. The van der Waals surface area contributed by atoms with Gasteiger partial charge in [0.15, 0.2) is 0 Å². The summed E-state index contributed by atoms with van der Waals surface area (Å²) in [5.41, 5.74) is 2.10. The minimum absolute atomic E-state index is 0.0424. The Kier molecular flexibility index (Phi) is 4.94. The van der Waals surface area contributed by atoms with E-state index in [1.165, 1.54) is 36.3 Å². The number of halogens is 1. The number of anilines is 1. The number of benzene rings is 3. The SMILES string of the molecule is COc1ccc(C2/C(=C(/O)c3c[nH]c4ccccc34)C(=O)C(=O)N2c2ccc(F)cc2)cc1. The molecule has 2 N–H and O–H groups in total. The number of nitrogens with one attached hydrogen (secondary N) is 1. The van der Waals surface area contributed by atoms with Crippen molar-refractivity contribution in [1.29, 1.82) is 0 Å². The maximum atomic E-state index is 13.6. The van der Waals surface area contributed by atoms with Gasteiger partial charge in [-0.15, -0.1) is 0 Å². The van der Waals surface area contributed by atoms with E-state index >= 15 is 0 Å². The van der Waals surface area contributed by atoms with E-state index in [0.717, 1.165) is 10.9 Å². The molecule has 1 aliphatic rings. The molecule has 1 amide bonds. The molecular weight excluding hydrogens is 423 g/mol. The van der Waals surface area contributed by atoms with Gasteiger partial charge in [-0.1, -0.05) is 30.3 Å². The quantitative estimate of drug-likeness (QED) is 0.266. The fraction of sp³-hybridized carbons (Fsp3) is 0.0769. The lowest BCUT2D eigenvalue weighted by molar-refractivity contribution is -0.132. The van der Waals surface area contributed by atoms with Gasteiger partial charge in [0.2, 0.25) is 0 Å². The number of methoxy groups -OCH3 is 1. The number of hydrogen-bond acceptors (Lipinski definition) is 4. The van der Waals surface area contributed by atoms with Crippen LogP contribution in [0.2, 0.25) is 0 Å². The van der Waals surface area contributed by atoms with Crippen molar-refractivity contribution in [2.45, 2.75) is 6.04 Å². The smallest absolute Gasteiger partial charge is 0.300 e. The molecule has 1 aromatic heterocycles. The van der Waals surface area contributed by atoms with Gasteiger partial charge in [-0.25, -0.2) is 4.39 Å². The number of ether oxygens (including phenoxy) is 1. The molecule has 33 heavy (non-hydrogen) atoms. The Morgan fingerprint density at radius 1 is 1.00 bits per heavy atom. The van der Waals surface area contributed by atoms with Crippen LogP contribution in [0.1, 0.15) is 17.2 Å². The van der Waals surface area contributed by atoms with Crippen molar-refractivity contribution < 1.29 is 23.8 Å². The van der Waals surface area contributed by atoms with E-state index in [1.54, 1.807) is 30.5 Å². The number of para-hydroxylation sites is 1. The highest BCUT2D eigenvalue weighted by atomic mass is 19.1. The van der Waals surface area contributed by atoms with Gasteiger partial charge >= 0.3 is 0 Å². The van der Waals surface area contributed by atoms with Crippen molar-refractivity contribution in [3.05, 3.63) is 102 Å². The first-order valence-electron chi connectivity index (χ1n) is 10.3. The summed E-state index contributed by atoms with van der Waals surface area (Å²) in [6, 6.07) is 18.6. The monoisotopic (exact) mass is 442 g/mol. The van der Waals surface area contributed by atoms with Crippen molar-refractivity contribution in [3.8, 4) is 5.75 Å². The molecule has 1 saturated heterocycles. The number of aromatic amines is 1. The number of aromatic nitrogens is 1. The predicted octanol–water partition coefficient (Wildman–Crippen LogP) is 4.94. The maximum Gasteiger partial charge on any atom is 0.300 e. The first-order valence-corrected chi connectivity index (χ1v) is 10.3. The first-order chi connectivity index (χ1) is 16.0.